The summed E-state index contributed by atoms with van der Waals surface area (Å²) in [5, 5.41) is 4.93. The molecule has 1 aromatic heterocycles. The number of nitrogens with one attached hydrogen (secondary N) is 1. The molecule has 3 rings (SSSR count). The molecule has 1 N–H and O–H groups in total. The van der Waals surface area contributed by atoms with Crippen LogP contribution in [0.3, 0.4) is 0 Å². The lowest BCUT2D eigenvalue weighted by Gasteiger charge is -2.42. The topological polar surface area (TPSA) is 49.4 Å². The molecule has 4 nitrogen and oxygen atoms in total. The van der Waals surface area contributed by atoms with Crippen LogP contribution in [0.15, 0.2) is 41.8 Å². The van der Waals surface area contributed by atoms with E-state index in [-0.39, 0.29) is 11.8 Å². The standard InChI is InChI=1S/C21H26N2O2S/c1-3-19(24)23-12-7-11-21(15-23,20(25)22-2)14-16-8-4-5-9-17(16)18-10-6-13-26-18/h4-6,8-10,13H,3,7,11-12,14-15H2,1-2H3,(H,22,25)/t21-/m0/s1. The molecule has 0 unspecified atom stereocenters. The lowest BCUT2D eigenvalue weighted by atomic mass is 9.73. The maximum Gasteiger partial charge on any atom is 0.228 e. The molecular formula is C21H26N2O2S. The molecule has 1 fully saturated rings. The summed E-state index contributed by atoms with van der Waals surface area (Å²) in [4.78, 5) is 28.2. The van der Waals surface area contributed by atoms with Gasteiger partial charge in [-0.3, -0.25) is 9.59 Å². The van der Waals surface area contributed by atoms with E-state index in [1.165, 1.54) is 16.0 Å². The molecule has 2 amide bonds. The Bertz CT molecular complexity index is 772. The van der Waals surface area contributed by atoms with E-state index in [2.05, 4.69) is 28.9 Å². The number of nitrogens with zero attached hydrogens (tertiary/aromatic N) is 1. The minimum absolute atomic E-state index is 0.0343. The van der Waals surface area contributed by atoms with Gasteiger partial charge in [0.25, 0.3) is 0 Å². The van der Waals surface area contributed by atoms with Crippen molar-refractivity contribution >= 4 is 23.2 Å². The highest BCUT2D eigenvalue weighted by atomic mass is 32.1. The third kappa shape index (κ3) is 3.68. The molecule has 5 heteroatoms. The van der Waals surface area contributed by atoms with E-state index in [1.54, 1.807) is 18.4 Å². The monoisotopic (exact) mass is 370 g/mol. The summed E-state index contributed by atoms with van der Waals surface area (Å²) in [6, 6.07) is 12.5. The highest BCUT2D eigenvalue weighted by Gasteiger charge is 2.43. The zero-order valence-electron chi connectivity index (χ0n) is 15.5. The Labute approximate surface area is 159 Å². The summed E-state index contributed by atoms with van der Waals surface area (Å²) >= 11 is 1.71. The third-order valence-electron chi connectivity index (χ3n) is 5.27. The van der Waals surface area contributed by atoms with E-state index in [1.807, 2.05) is 30.0 Å². The third-order valence-corrected chi connectivity index (χ3v) is 6.18. The lowest BCUT2D eigenvalue weighted by Crippen LogP contribution is -2.53. The highest BCUT2D eigenvalue weighted by Crippen LogP contribution is 2.38. The van der Waals surface area contributed by atoms with Gasteiger partial charge in [-0.2, -0.15) is 0 Å². The zero-order valence-corrected chi connectivity index (χ0v) is 16.3. The Morgan fingerprint density at radius 1 is 1.23 bits per heavy atom. The van der Waals surface area contributed by atoms with Crippen LogP contribution in [0.25, 0.3) is 10.4 Å². The molecule has 0 aliphatic carbocycles. The zero-order chi connectivity index (χ0) is 18.6. The SMILES string of the molecule is CCC(=O)N1CCC[C@@](Cc2ccccc2-c2cccs2)(C(=O)NC)C1. The second-order valence-corrected chi connectivity index (χ2v) is 7.89. The summed E-state index contributed by atoms with van der Waals surface area (Å²) < 4.78 is 0. The summed E-state index contributed by atoms with van der Waals surface area (Å²) in [5.41, 5.74) is 1.79. The van der Waals surface area contributed by atoms with Crippen molar-refractivity contribution in [3.8, 4) is 10.4 Å². The normalized spacial score (nSPS) is 20.0. The molecule has 1 aliphatic heterocycles. The lowest BCUT2D eigenvalue weighted by molar-refractivity contribution is -0.141. The first kappa shape index (κ1) is 18.6. The maximum absolute atomic E-state index is 12.9. The van der Waals surface area contributed by atoms with Crippen molar-refractivity contribution in [2.75, 3.05) is 20.1 Å². The van der Waals surface area contributed by atoms with Crippen LogP contribution >= 0.6 is 11.3 Å². The Hall–Kier alpha value is -2.14. The fraction of sp³-hybridized carbons (Fsp3) is 0.429. The van der Waals surface area contributed by atoms with Crippen molar-refractivity contribution in [1.29, 1.82) is 0 Å². The molecule has 2 aromatic rings. The predicted octanol–water partition coefficient (Wildman–Crippen LogP) is 3.72. The maximum atomic E-state index is 12.9. The summed E-state index contributed by atoms with van der Waals surface area (Å²) in [5.74, 6) is 0.164. The minimum Gasteiger partial charge on any atom is -0.359 e. The van der Waals surface area contributed by atoms with Crippen LogP contribution in [0.5, 0.6) is 0 Å². The number of amides is 2. The van der Waals surface area contributed by atoms with Gasteiger partial charge in [-0.25, -0.2) is 0 Å². The smallest absolute Gasteiger partial charge is 0.228 e. The molecule has 1 aromatic carbocycles. The van der Waals surface area contributed by atoms with Crippen LogP contribution in [0, 0.1) is 5.41 Å². The number of thiophene rings is 1. The van der Waals surface area contributed by atoms with E-state index >= 15 is 0 Å². The van der Waals surface area contributed by atoms with E-state index in [4.69, 9.17) is 0 Å². The van der Waals surface area contributed by atoms with Gasteiger partial charge < -0.3 is 10.2 Å². The van der Waals surface area contributed by atoms with Gasteiger partial charge >= 0.3 is 0 Å². The molecule has 0 bridgehead atoms. The van der Waals surface area contributed by atoms with Crippen molar-refractivity contribution in [2.24, 2.45) is 5.41 Å². The molecule has 1 atom stereocenters. The van der Waals surface area contributed by atoms with Gasteiger partial charge in [0, 0.05) is 31.4 Å². The molecule has 2 heterocycles. The highest BCUT2D eigenvalue weighted by molar-refractivity contribution is 7.13. The van der Waals surface area contributed by atoms with Gasteiger partial charge in [0.15, 0.2) is 0 Å². The largest absolute Gasteiger partial charge is 0.359 e. The fourth-order valence-electron chi connectivity index (χ4n) is 3.95. The number of likely N-dealkylation sites (tertiary alicyclic amines) is 1. The fourth-order valence-corrected chi connectivity index (χ4v) is 4.74. The molecule has 1 aliphatic rings. The van der Waals surface area contributed by atoms with Gasteiger partial charge in [-0.15, -0.1) is 11.3 Å². The van der Waals surface area contributed by atoms with Crippen LogP contribution in [-0.4, -0.2) is 36.9 Å². The summed E-state index contributed by atoms with van der Waals surface area (Å²) in [6.45, 7) is 3.13. The number of rotatable bonds is 5. The van der Waals surface area contributed by atoms with Crippen LogP contribution in [0.2, 0.25) is 0 Å². The molecule has 0 spiro atoms. The second kappa shape index (κ2) is 8.04. The predicted molar refractivity (Wildman–Crippen MR) is 106 cm³/mol. The summed E-state index contributed by atoms with van der Waals surface area (Å²) in [7, 11) is 1.69. The van der Waals surface area contributed by atoms with Crippen LogP contribution < -0.4 is 5.32 Å². The molecule has 138 valence electrons. The number of carbonyl (C=O) groups is 2. The van der Waals surface area contributed by atoms with Crippen molar-refractivity contribution in [3.63, 3.8) is 0 Å². The van der Waals surface area contributed by atoms with Crippen LogP contribution in [0.1, 0.15) is 31.7 Å². The molecular weight excluding hydrogens is 344 g/mol. The van der Waals surface area contributed by atoms with Crippen molar-refractivity contribution in [2.45, 2.75) is 32.6 Å². The van der Waals surface area contributed by atoms with E-state index in [9.17, 15) is 9.59 Å². The number of hydrogen-bond acceptors (Lipinski definition) is 3. The first-order valence-corrected chi connectivity index (χ1v) is 10.1. The Balaban J connectivity index is 1.96. The van der Waals surface area contributed by atoms with Crippen molar-refractivity contribution < 1.29 is 9.59 Å². The number of carbonyl (C=O) groups excluding carboxylic acids is 2. The van der Waals surface area contributed by atoms with Gasteiger partial charge in [-0.05, 0) is 41.8 Å². The molecule has 1 saturated heterocycles. The molecule has 0 radical (unpaired) electrons. The van der Waals surface area contributed by atoms with Gasteiger partial charge in [-0.1, -0.05) is 37.3 Å². The first-order valence-electron chi connectivity index (χ1n) is 9.21. The van der Waals surface area contributed by atoms with Gasteiger partial charge in [0.2, 0.25) is 11.8 Å². The molecule has 26 heavy (non-hydrogen) atoms. The number of benzene rings is 1. The Morgan fingerprint density at radius 2 is 2.04 bits per heavy atom. The second-order valence-electron chi connectivity index (χ2n) is 6.94. The van der Waals surface area contributed by atoms with Crippen LogP contribution in [-0.2, 0) is 16.0 Å². The van der Waals surface area contributed by atoms with Crippen molar-refractivity contribution in [3.05, 3.63) is 47.3 Å². The van der Waals surface area contributed by atoms with Gasteiger partial charge in [0.05, 0.1) is 5.41 Å². The first-order chi connectivity index (χ1) is 12.6. The average molecular weight is 371 g/mol. The number of hydrogen-bond donors (Lipinski definition) is 1. The van der Waals surface area contributed by atoms with Crippen LogP contribution in [0.4, 0.5) is 0 Å². The van der Waals surface area contributed by atoms with E-state index < -0.39 is 5.41 Å². The minimum atomic E-state index is -0.564. The quantitative estimate of drug-likeness (QED) is 0.872. The van der Waals surface area contributed by atoms with Gasteiger partial charge in [0.1, 0.15) is 0 Å². The summed E-state index contributed by atoms with van der Waals surface area (Å²) in [6.07, 6.45) is 2.79. The number of piperidine rings is 1. The Kier molecular flexibility index (Phi) is 5.77. The Morgan fingerprint density at radius 3 is 2.73 bits per heavy atom. The van der Waals surface area contributed by atoms with E-state index in [0.29, 0.717) is 19.4 Å². The average Bonchev–Trinajstić information content (AvgIpc) is 3.21. The molecule has 0 saturated carbocycles. The van der Waals surface area contributed by atoms with Crippen molar-refractivity contribution in [1.82, 2.24) is 10.2 Å². The van der Waals surface area contributed by atoms with E-state index in [0.717, 1.165) is 19.4 Å².